The maximum absolute atomic E-state index is 9.02. The fourth-order valence-electron chi connectivity index (χ4n) is 2.55. The van der Waals surface area contributed by atoms with Crippen LogP contribution in [0, 0.1) is 24.2 Å². The second-order valence-electron chi connectivity index (χ2n) is 5.65. The number of piperazine rings is 1. The Kier molecular flexibility index (Phi) is 4.39. The molecule has 4 heteroatoms. The zero-order chi connectivity index (χ0) is 13.8. The molecule has 0 aliphatic carbocycles. The number of rotatable bonds is 3. The summed E-state index contributed by atoms with van der Waals surface area (Å²) in [5.41, 5.74) is 1.62. The van der Waals surface area contributed by atoms with E-state index in [-0.39, 0.29) is 0 Å². The summed E-state index contributed by atoms with van der Waals surface area (Å²) in [4.78, 5) is 9.33. The van der Waals surface area contributed by atoms with E-state index in [1.165, 1.54) is 6.54 Å². The average Bonchev–Trinajstić information content (AvgIpc) is 2.38. The fraction of sp³-hybridized carbons (Fsp3) is 0.600. The maximum atomic E-state index is 9.02. The predicted molar refractivity (Wildman–Crippen MR) is 77.2 cm³/mol. The first kappa shape index (κ1) is 13.8. The molecule has 0 amide bonds. The van der Waals surface area contributed by atoms with Gasteiger partial charge in [0.25, 0.3) is 0 Å². The summed E-state index contributed by atoms with van der Waals surface area (Å²) in [7, 11) is 0. The average molecular weight is 258 g/mol. The first-order valence-electron chi connectivity index (χ1n) is 6.94. The third kappa shape index (κ3) is 3.68. The zero-order valence-electron chi connectivity index (χ0n) is 12.1. The number of hydrogen-bond acceptors (Lipinski definition) is 4. The molecule has 0 N–H and O–H groups in total. The van der Waals surface area contributed by atoms with Gasteiger partial charge in [0, 0.05) is 38.4 Å². The van der Waals surface area contributed by atoms with Gasteiger partial charge in [-0.3, -0.25) is 4.90 Å². The van der Waals surface area contributed by atoms with Crippen molar-refractivity contribution in [3.05, 3.63) is 23.4 Å². The Morgan fingerprint density at radius 2 is 1.95 bits per heavy atom. The predicted octanol–water partition coefficient (Wildman–Crippen LogP) is 2.04. The van der Waals surface area contributed by atoms with Crippen LogP contribution in [0.25, 0.3) is 0 Å². The molecular formula is C15H22N4. The van der Waals surface area contributed by atoms with Crippen molar-refractivity contribution in [2.24, 2.45) is 5.92 Å². The van der Waals surface area contributed by atoms with Crippen LogP contribution in [-0.4, -0.2) is 42.6 Å². The van der Waals surface area contributed by atoms with Crippen molar-refractivity contribution in [1.29, 1.82) is 5.26 Å². The van der Waals surface area contributed by atoms with Crippen LogP contribution in [0.15, 0.2) is 12.1 Å². The Balaban J connectivity index is 2.02. The molecule has 1 aromatic heterocycles. The molecule has 1 aliphatic heterocycles. The maximum Gasteiger partial charge on any atom is 0.130 e. The Labute approximate surface area is 115 Å². The summed E-state index contributed by atoms with van der Waals surface area (Å²) in [6, 6.07) is 5.93. The minimum atomic E-state index is 0.701. The highest BCUT2D eigenvalue weighted by Gasteiger charge is 2.18. The molecule has 0 unspecified atom stereocenters. The van der Waals surface area contributed by atoms with Gasteiger partial charge in [-0.15, -0.1) is 0 Å². The van der Waals surface area contributed by atoms with Gasteiger partial charge in [-0.05, 0) is 25.0 Å². The quantitative estimate of drug-likeness (QED) is 0.832. The van der Waals surface area contributed by atoms with Crippen LogP contribution in [0.3, 0.4) is 0 Å². The van der Waals surface area contributed by atoms with Gasteiger partial charge in [0.1, 0.15) is 5.82 Å². The molecule has 0 atom stereocenters. The van der Waals surface area contributed by atoms with Crippen LogP contribution >= 0.6 is 0 Å². The molecule has 2 heterocycles. The summed E-state index contributed by atoms with van der Waals surface area (Å²) in [5.74, 6) is 1.66. The lowest BCUT2D eigenvalue weighted by molar-refractivity contribution is 0.231. The third-order valence-electron chi connectivity index (χ3n) is 3.39. The van der Waals surface area contributed by atoms with Gasteiger partial charge in [0.2, 0.25) is 0 Å². The van der Waals surface area contributed by atoms with E-state index in [9.17, 15) is 0 Å². The van der Waals surface area contributed by atoms with Crippen molar-refractivity contribution in [3.8, 4) is 6.07 Å². The van der Waals surface area contributed by atoms with Gasteiger partial charge in [-0.1, -0.05) is 13.8 Å². The molecule has 0 aromatic carbocycles. The lowest BCUT2D eigenvalue weighted by atomic mass is 10.2. The Hall–Kier alpha value is -1.60. The van der Waals surface area contributed by atoms with Crippen molar-refractivity contribution in [1.82, 2.24) is 9.88 Å². The SMILES string of the molecule is Cc1cc(C#N)cc(N2CCN(CC(C)C)CC2)n1. The van der Waals surface area contributed by atoms with E-state index in [0.717, 1.165) is 37.7 Å². The zero-order valence-corrected chi connectivity index (χ0v) is 12.1. The molecule has 0 spiro atoms. The number of aromatic nitrogens is 1. The third-order valence-corrected chi connectivity index (χ3v) is 3.39. The Bertz CT molecular complexity index is 468. The molecule has 1 fully saturated rings. The molecule has 1 aliphatic rings. The summed E-state index contributed by atoms with van der Waals surface area (Å²) in [6.45, 7) is 11.8. The molecule has 0 saturated carbocycles. The molecule has 19 heavy (non-hydrogen) atoms. The van der Waals surface area contributed by atoms with Gasteiger partial charge in [-0.2, -0.15) is 5.26 Å². The molecule has 0 radical (unpaired) electrons. The summed E-state index contributed by atoms with van der Waals surface area (Å²) in [5, 5.41) is 9.02. The van der Waals surface area contributed by atoms with Crippen molar-refractivity contribution in [2.75, 3.05) is 37.6 Å². The van der Waals surface area contributed by atoms with Gasteiger partial charge in [0.15, 0.2) is 0 Å². The normalized spacial score (nSPS) is 16.7. The summed E-state index contributed by atoms with van der Waals surface area (Å²) >= 11 is 0. The second kappa shape index (κ2) is 6.03. The number of anilines is 1. The number of pyridine rings is 1. The number of hydrogen-bond donors (Lipinski definition) is 0. The van der Waals surface area contributed by atoms with Crippen LogP contribution < -0.4 is 4.90 Å². The van der Waals surface area contributed by atoms with Crippen LogP contribution in [-0.2, 0) is 0 Å². The van der Waals surface area contributed by atoms with Gasteiger partial charge in [-0.25, -0.2) is 4.98 Å². The van der Waals surface area contributed by atoms with Crippen molar-refractivity contribution in [3.63, 3.8) is 0 Å². The summed E-state index contributed by atoms with van der Waals surface area (Å²) < 4.78 is 0. The van der Waals surface area contributed by atoms with E-state index in [4.69, 9.17) is 5.26 Å². The number of nitrogens with zero attached hydrogens (tertiary/aromatic N) is 4. The van der Waals surface area contributed by atoms with Crippen LogP contribution in [0.2, 0.25) is 0 Å². The highest BCUT2D eigenvalue weighted by atomic mass is 15.3. The smallest absolute Gasteiger partial charge is 0.130 e. The monoisotopic (exact) mass is 258 g/mol. The molecule has 0 bridgehead atoms. The molecule has 102 valence electrons. The number of aryl methyl sites for hydroxylation is 1. The van der Waals surface area contributed by atoms with E-state index in [2.05, 4.69) is 34.7 Å². The van der Waals surface area contributed by atoms with Crippen LogP contribution in [0.4, 0.5) is 5.82 Å². The van der Waals surface area contributed by atoms with E-state index >= 15 is 0 Å². The first-order chi connectivity index (χ1) is 9.08. The lowest BCUT2D eigenvalue weighted by Crippen LogP contribution is -2.47. The Morgan fingerprint density at radius 3 is 2.53 bits per heavy atom. The topological polar surface area (TPSA) is 43.2 Å². The van der Waals surface area contributed by atoms with E-state index in [1.807, 2.05) is 19.1 Å². The van der Waals surface area contributed by atoms with Crippen molar-refractivity contribution >= 4 is 5.82 Å². The molecule has 1 saturated heterocycles. The first-order valence-corrected chi connectivity index (χ1v) is 6.94. The lowest BCUT2D eigenvalue weighted by Gasteiger charge is -2.36. The molecular weight excluding hydrogens is 236 g/mol. The summed E-state index contributed by atoms with van der Waals surface area (Å²) in [6.07, 6.45) is 0. The van der Waals surface area contributed by atoms with Crippen molar-refractivity contribution < 1.29 is 0 Å². The van der Waals surface area contributed by atoms with E-state index < -0.39 is 0 Å². The van der Waals surface area contributed by atoms with E-state index in [0.29, 0.717) is 11.5 Å². The molecule has 1 aromatic rings. The Morgan fingerprint density at radius 1 is 1.26 bits per heavy atom. The van der Waals surface area contributed by atoms with E-state index in [1.54, 1.807) is 0 Å². The fourth-order valence-corrected chi connectivity index (χ4v) is 2.55. The van der Waals surface area contributed by atoms with Crippen LogP contribution in [0.5, 0.6) is 0 Å². The standard InChI is InChI=1S/C15H22N4/c1-12(2)11-18-4-6-19(7-5-18)15-9-14(10-16)8-13(3)17-15/h8-9,12H,4-7,11H2,1-3H3. The number of nitriles is 1. The highest BCUT2D eigenvalue weighted by Crippen LogP contribution is 2.17. The second-order valence-corrected chi connectivity index (χ2v) is 5.65. The van der Waals surface area contributed by atoms with Gasteiger partial charge >= 0.3 is 0 Å². The van der Waals surface area contributed by atoms with Crippen LogP contribution in [0.1, 0.15) is 25.1 Å². The minimum absolute atomic E-state index is 0.701. The minimum Gasteiger partial charge on any atom is -0.354 e. The molecule has 4 nitrogen and oxygen atoms in total. The highest BCUT2D eigenvalue weighted by molar-refractivity contribution is 5.47. The van der Waals surface area contributed by atoms with Gasteiger partial charge in [0.05, 0.1) is 11.6 Å². The molecule has 2 rings (SSSR count). The van der Waals surface area contributed by atoms with Crippen molar-refractivity contribution in [2.45, 2.75) is 20.8 Å². The van der Waals surface area contributed by atoms with Gasteiger partial charge < -0.3 is 4.90 Å². The largest absolute Gasteiger partial charge is 0.354 e.